The molecule has 7 heteroatoms. The number of hydrogen-bond donors (Lipinski definition) is 1. The Morgan fingerprint density at radius 1 is 1.35 bits per heavy atom. The summed E-state index contributed by atoms with van der Waals surface area (Å²) in [4.78, 5) is 7.84. The number of aromatic nitrogens is 1. The fourth-order valence-electron chi connectivity index (χ4n) is 1.99. The molecule has 0 radical (unpaired) electrons. The topological polar surface area (TPSA) is 74.8 Å². The van der Waals surface area contributed by atoms with E-state index in [2.05, 4.69) is 10.1 Å². The molecule has 1 N–H and O–H groups in total. The summed E-state index contributed by atoms with van der Waals surface area (Å²) < 4.78 is 25.0. The third-order valence-electron chi connectivity index (χ3n) is 3.01. The molecular formula is C13H13N3O3S. The Morgan fingerprint density at radius 2 is 2.15 bits per heavy atom. The maximum atomic E-state index is 12.5. The summed E-state index contributed by atoms with van der Waals surface area (Å²) in [5.41, 5.74) is 0.773. The molecular weight excluding hydrogens is 278 g/mol. The maximum absolute atomic E-state index is 12.5. The van der Waals surface area contributed by atoms with E-state index in [1.165, 1.54) is 18.4 Å². The van der Waals surface area contributed by atoms with Gasteiger partial charge in [-0.1, -0.05) is 24.3 Å². The highest BCUT2D eigenvalue weighted by molar-refractivity contribution is 8.06. The third-order valence-corrected chi connectivity index (χ3v) is 4.58. The van der Waals surface area contributed by atoms with Crippen molar-refractivity contribution < 1.29 is 13.3 Å². The van der Waals surface area contributed by atoms with Crippen LogP contribution in [-0.2, 0) is 14.7 Å². The van der Waals surface area contributed by atoms with Crippen LogP contribution in [-0.4, -0.2) is 37.3 Å². The number of hydroxylamine groups is 1. The number of fused-ring (bicyclic) bond motifs is 1. The molecule has 1 aromatic carbocycles. The molecule has 6 nitrogen and oxygen atoms in total. The van der Waals surface area contributed by atoms with Gasteiger partial charge in [-0.2, -0.15) is 5.17 Å². The van der Waals surface area contributed by atoms with E-state index in [0.717, 1.165) is 10.9 Å². The second-order valence-corrected chi connectivity index (χ2v) is 6.15. The van der Waals surface area contributed by atoms with Gasteiger partial charge in [0.2, 0.25) is 9.84 Å². The highest BCUT2D eigenvalue weighted by Crippen LogP contribution is 2.21. The molecule has 3 rings (SSSR count). The van der Waals surface area contributed by atoms with Crippen LogP contribution in [0.1, 0.15) is 0 Å². The summed E-state index contributed by atoms with van der Waals surface area (Å²) in [6.45, 7) is 0.419. The van der Waals surface area contributed by atoms with Crippen molar-refractivity contribution in [3.63, 3.8) is 0 Å². The van der Waals surface area contributed by atoms with E-state index >= 15 is 0 Å². The molecule has 0 atom stereocenters. The standard InChI is InChI=1S/C13H13N3O3S/c1-19-16-8-4-7-12(15-16)20(17,18)13-9-10-5-2-3-6-11(10)14-13/h2-7,9,14H,8H2,1H3. The number of rotatable bonds is 2. The van der Waals surface area contributed by atoms with Crippen LogP contribution in [0.25, 0.3) is 10.9 Å². The smallest absolute Gasteiger partial charge is 0.240 e. The Labute approximate surface area is 116 Å². The summed E-state index contributed by atoms with van der Waals surface area (Å²) >= 11 is 0. The van der Waals surface area contributed by atoms with E-state index in [-0.39, 0.29) is 10.1 Å². The highest BCUT2D eigenvalue weighted by atomic mass is 32.2. The molecule has 0 spiro atoms. The van der Waals surface area contributed by atoms with Crippen LogP contribution in [0.15, 0.2) is 52.6 Å². The minimum atomic E-state index is -3.68. The van der Waals surface area contributed by atoms with E-state index in [4.69, 9.17) is 4.84 Å². The molecule has 0 aliphatic carbocycles. The fraction of sp³-hybridized carbons (Fsp3) is 0.154. The van der Waals surface area contributed by atoms with E-state index in [1.807, 2.05) is 24.3 Å². The lowest BCUT2D eigenvalue weighted by Gasteiger charge is -2.17. The van der Waals surface area contributed by atoms with Gasteiger partial charge < -0.3 is 4.98 Å². The van der Waals surface area contributed by atoms with Gasteiger partial charge in [0.05, 0.1) is 13.7 Å². The number of para-hydroxylation sites is 1. The number of H-pyrrole nitrogens is 1. The monoisotopic (exact) mass is 291 g/mol. The van der Waals surface area contributed by atoms with Crippen molar-refractivity contribution in [1.82, 2.24) is 10.2 Å². The van der Waals surface area contributed by atoms with E-state index in [9.17, 15) is 8.42 Å². The summed E-state index contributed by atoms with van der Waals surface area (Å²) in [6, 6.07) is 8.99. The molecule has 104 valence electrons. The van der Waals surface area contributed by atoms with Crippen molar-refractivity contribution in [2.45, 2.75) is 5.03 Å². The van der Waals surface area contributed by atoms with Gasteiger partial charge in [0, 0.05) is 10.9 Å². The lowest BCUT2D eigenvalue weighted by atomic mass is 10.3. The summed E-state index contributed by atoms with van der Waals surface area (Å²) in [7, 11) is -2.24. The van der Waals surface area contributed by atoms with Gasteiger partial charge >= 0.3 is 0 Å². The Morgan fingerprint density at radius 3 is 2.90 bits per heavy atom. The van der Waals surface area contributed by atoms with Gasteiger partial charge in [-0.05, 0) is 18.2 Å². The van der Waals surface area contributed by atoms with Gasteiger partial charge in [0.15, 0.2) is 5.04 Å². The normalized spacial score (nSPS) is 15.7. The van der Waals surface area contributed by atoms with Crippen molar-refractivity contribution in [1.29, 1.82) is 0 Å². The number of hydrazone groups is 1. The predicted molar refractivity (Wildman–Crippen MR) is 75.8 cm³/mol. The van der Waals surface area contributed by atoms with E-state index in [1.54, 1.807) is 12.1 Å². The number of benzene rings is 1. The van der Waals surface area contributed by atoms with Crippen LogP contribution in [0.2, 0.25) is 0 Å². The Bertz CT molecular complexity index is 772. The second-order valence-electron chi connectivity index (χ2n) is 4.28. The minimum Gasteiger partial charge on any atom is -0.345 e. The van der Waals surface area contributed by atoms with Gasteiger partial charge in [0.1, 0.15) is 5.03 Å². The molecule has 0 unspecified atom stereocenters. The van der Waals surface area contributed by atoms with Crippen LogP contribution in [0.4, 0.5) is 0 Å². The molecule has 1 aliphatic heterocycles. The Balaban J connectivity index is 2.07. The predicted octanol–water partition coefficient (Wildman–Crippen LogP) is 1.69. The SMILES string of the molecule is CON1CC=CC(S(=O)(=O)c2cc3ccccc3[nH]2)=N1. The molecule has 2 aromatic rings. The highest BCUT2D eigenvalue weighted by Gasteiger charge is 2.25. The summed E-state index contributed by atoms with van der Waals surface area (Å²) in [6.07, 6.45) is 3.17. The third kappa shape index (κ3) is 2.10. The minimum absolute atomic E-state index is 0.0443. The lowest BCUT2D eigenvalue weighted by molar-refractivity contribution is -0.122. The first-order valence-corrected chi connectivity index (χ1v) is 7.49. The number of hydrogen-bond acceptors (Lipinski definition) is 5. The largest absolute Gasteiger partial charge is 0.345 e. The Hall–Kier alpha value is -2.12. The van der Waals surface area contributed by atoms with Crippen LogP contribution in [0.5, 0.6) is 0 Å². The molecule has 1 aromatic heterocycles. The van der Waals surface area contributed by atoms with Crippen molar-refractivity contribution in [3.05, 3.63) is 42.5 Å². The molecule has 0 bridgehead atoms. The van der Waals surface area contributed by atoms with Crippen LogP contribution in [0.3, 0.4) is 0 Å². The first-order chi connectivity index (χ1) is 9.61. The second kappa shape index (κ2) is 4.77. The zero-order valence-corrected chi connectivity index (χ0v) is 11.6. The average Bonchev–Trinajstić information content (AvgIpc) is 2.92. The summed E-state index contributed by atoms with van der Waals surface area (Å²) in [5.74, 6) is 0. The number of nitrogens with one attached hydrogen (secondary N) is 1. The lowest BCUT2D eigenvalue weighted by Crippen LogP contribution is -2.25. The van der Waals surface area contributed by atoms with Gasteiger partial charge in [-0.25, -0.2) is 8.42 Å². The Kier molecular flexibility index (Phi) is 3.07. The van der Waals surface area contributed by atoms with Crippen LogP contribution < -0.4 is 0 Å². The van der Waals surface area contributed by atoms with Crippen LogP contribution >= 0.6 is 0 Å². The molecule has 2 heterocycles. The number of nitrogens with zero attached hydrogens (tertiary/aromatic N) is 2. The van der Waals surface area contributed by atoms with E-state index < -0.39 is 9.84 Å². The number of aromatic amines is 1. The molecule has 0 saturated heterocycles. The zero-order chi connectivity index (χ0) is 14.2. The summed E-state index contributed by atoms with van der Waals surface area (Å²) in [5, 5.41) is 6.09. The van der Waals surface area contributed by atoms with E-state index in [0.29, 0.717) is 6.54 Å². The quantitative estimate of drug-likeness (QED) is 0.913. The fourth-order valence-corrected chi connectivity index (χ4v) is 3.22. The molecule has 0 amide bonds. The molecule has 20 heavy (non-hydrogen) atoms. The van der Waals surface area contributed by atoms with Gasteiger partial charge in [-0.3, -0.25) is 4.84 Å². The zero-order valence-electron chi connectivity index (χ0n) is 10.8. The first-order valence-electron chi connectivity index (χ1n) is 6.01. The maximum Gasteiger partial charge on any atom is 0.240 e. The van der Waals surface area contributed by atoms with Crippen molar-refractivity contribution >= 4 is 25.8 Å². The van der Waals surface area contributed by atoms with Crippen molar-refractivity contribution in [2.24, 2.45) is 5.10 Å². The van der Waals surface area contributed by atoms with Gasteiger partial charge in [-0.15, -0.1) is 5.10 Å². The van der Waals surface area contributed by atoms with Crippen LogP contribution in [0, 0.1) is 0 Å². The number of sulfone groups is 1. The van der Waals surface area contributed by atoms with Crippen molar-refractivity contribution in [3.8, 4) is 0 Å². The van der Waals surface area contributed by atoms with Crippen molar-refractivity contribution in [2.75, 3.05) is 13.7 Å². The first kappa shape index (κ1) is 12.9. The average molecular weight is 291 g/mol. The van der Waals surface area contributed by atoms with Gasteiger partial charge in [0.25, 0.3) is 0 Å². The molecule has 0 saturated carbocycles. The molecule has 0 fully saturated rings. The molecule has 1 aliphatic rings.